The molecule has 2 N–H and O–H groups in total. The van der Waals surface area contributed by atoms with Gasteiger partial charge in [0.05, 0.1) is 15.6 Å². The molecule has 0 fully saturated rings. The predicted molar refractivity (Wildman–Crippen MR) is 84.0 cm³/mol. The first-order valence-electron chi connectivity index (χ1n) is 6.57. The van der Waals surface area contributed by atoms with Gasteiger partial charge >= 0.3 is 0 Å². The summed E-state index contributed by atoms with van der Waals surface area (Å²) in [5, 5.41) is 3.59. The largest absolute Gasteiger partial charge is 0.309 e. The van der Waals surface area contributed by atoms with E-state index in [1.54, 1.807) is 24.3 Å². The molecule has 0 aromatic heterocycles. The fourth-order valence-corrected chi connectivity index (χ4v) is 3.81. The molecule has 0 saturated heterocycles. The van der Waals surface area contributed by atoms with Crippen molar-refractivity contribution in [2.24, 2.45) is 0 Å². The van der Waals surface area contributed by atoms with Crippen molar-refractivity contribution in [2.45, 2.75) is 24.9 Å². The number of rotatable bonds is 3. The molecule has 0 unspecified atom stereocenters. The maximum atomic E-state index is 12.4. The zero-order valence-electron chi connectivity index (χ0n) is 11.5. The summed E-state index contributed by atoms with van der Waals surface area (Å²) in [5.74, 6) is 0. The summed E-state index contributed by atoms with van der Waals surface area (Å²) >= 11 is 6.08. The van der Waals surface area contributed by atoms with Gasteiger partial charge in [0.2, 0.25) is 0 Å². The summed E-state index contributed by atoms with van der Waals surface area (Å²) in [6, 6.07) is 10.4. The van der Waals surface area contributed by atoms with Crippen LogP contribution in [0.2, 0.25) is 5.02 Å². The van der Waals surface area contributed by atoms with Crippen LogP contribution in [-0.2, 0) is 23.1 Å². The van der Waals surface area contributed by atoms with Crippen LogP contribution in [0.3, 0.4) is 0 Å². The summed E-state index contributed by atoms with van der Waals surface area (Å²) in [7, 11) is -3.63. The van der Waals surface area contributed by atoms with Gasteiger partial charge in [-0.2, -0.15) is 0 Å². The summed E-state index contributed by atoms with van der Waals surface area (Å²) in [4.78, 5) is 0.251. The lowest BCUT2D eigenvalue weighted by Gasteiger charge is -2.11. The molecule has 2 aromatic rings. The molecule has 0 aliphatic carbocycles. The van der Waals surface area contributed by atoms with Crippen molar-refractivity contribution in [3.05, 3.63) is 58.1 Å². The zero-order chi connectivity index (χ0) is 15.0. The number of fused-ring (bicyclic) bond motifs is 1. The van der Waals surface area contributed by atoms with Crippen molar-refractivity contribution in [3.8, 4) is 0 Å². The number of nitrogens with one attached hydrogen (secondary N) is 2. The van der Waals surface area contributed by atoms with Crippen LogP contribution < -0.4 is 10.0 Å². The SMILES string of the molecule is Cc1ccc(NS(=O)(=O)c2ccc3c(c2)CNC3)c(Cl)c1. The van der Waals surface area contributed by atoms with E-state index in [0.29, 0.717) is 17.3 Å². The van der Waals surface area contributed by atoms with Crippen LogP contribution in [0.25, 0.3) is 0 Å². The Labute approximate surface area is 129 Å². The van der Waals surface area contributed by atoms with E-state index in [1.165, 1.54) is 0 Å². The highest BCUT2D eigenvalue weighted by molar-refractivity contribution is 7.92. The number of aryl methyl sites for hydroxylation is 1. The monoisotopic (exact) mass is 322 g/mol. The highest BCUT2D eigenvalue weighted by atomic mass is 35.5. The second-order valence-corrected chi connectivity index (χ2v) is 7.21. The van der Waals surface area contributed by atoms with E-state index in [4.69, 9.17) is 11.6 Å². The van der Waals surface area contributed by atoms with Gasteiger partial charge in [-0.3, -0.25) is 4.72 Å². The van der Waals surface area contributed by atoms with Crippen molar-refractivity contribution in [1.29, 1.82) is 0 Å². The van der Waals surface area contributed by atoms with Gasteiger partial charge in [-0.15, -0.1) is 0 Å². The summed E-state index contributed by atoms with van der Waals surface area (Å²) < 4.78 is 27.4. The van der Waals surface area contributed by atoms with Crippen LogP contribution in [0.4, 0.5) is 5.69 Å². The van der Waals surface area contributed by atoms with E-state index in [-0.39, 0.29) is 4.90 Å². The Morgan fingerprint density at radius 2 is 1.86 bits per heavy atom. The fraction of sp³-hybridized carbons (Fsp3) is 0.200. The van der Waals surface area contributed by atoms with Gasteiger partial charge in [-0.1, -0.05) is 23.7 Å². The minimum atomic E-state index is -3.63. The Hall–Kier alpha value is -1.56. The highest BCUT2D eigenvalue weighted by Crippen LogP contribution is 2.27. The normalized spacial score (nSPS) is 14.0. The molecule has 1 aliphatic rings. The summed E-state index contributed by atoms with van der Waals surface area (Å²) in [6.07, 6.45) is 0. The van der Waals surface area contributed by atoms with Crippen LogP contribution in [0.15, 0.2) is 41.3 Å². The fourth-order valence-electron chi connectivity index (χ4n) is 2.34. The Balaban J connectivity index is 1.93. The molecule has 3 rings (SSSR count). The molecule has 0 atom stereocenters. The molecule has 4 nitrogen and oxygen atoms in total. The molecule has 110 valence electrons. The Morgan fingerprint density at radius 1 is 1.10 bits per heavy atom. The molecular formula is C15H15ClN2O2S. The van der Waals surface area contributed by atoms with Gasteiger partial charge in [0.1, 0.15) is 0 Å². The van der Waals surface area contributed by atoms with Crippen molar-refractivity contribution in [1.82, 2.24) is 5.32 Å². The maximum absolute atomic E-state index is 12.4. The van der Waals surface area contributed by atoms with Crippen molar-refractivity contribution in [3.63, 3.8) is 0 Å². The van der Waals surface area contributed by atoms with Gasteiger partial charge in [-0.25, -0.2) is 8.42 Å². The van der Waals surface area contributed by atoms with Gasteiger partial charge in [0, 0.05) is 13.1 Å². The molecular weight excluding hydrogens is 308 g/mol. The first-order valence-corrected chi connectivity index (χ1v) is 8.43. The van der Waals surface area contributed by atoms with E-state index in [1.807, 2.05) is 19.1 Å². The van der Waals surface area contributed by atoms with Gasteiger partial charge < -0.3 is 5.32 Å². The number of sulfonamides is 1. The smallest absolute Gasteiger partial charge is 0.261 e. The maximum Gasteiger partial charge on any atom is 0.261 e. The molecule has 0 bridgehead atoms. The van der Waals surface area contributed by atoms with Crippen molar-refractivity contribution >= 4 is 27.3 Å². The third-order valence-corrected chi connectivity index (χ3v) is 5.16. The lowest BCUT2D eigenvalue weighted by atomic mass is 10.1. The first kappa shape index (κ1) is 14.4. The molecule has 1 aliphatic heterocycles. The topological polar surface area (TPSA) is 58.2 Å². The van der Waals surface area contributed by atoms with Crippen LogP contribution >= 0.6 is 11.6 Å². The Morgan fingerprint density at radius 3 is 2.62 bits per heavy atom. The molecule has 2 aromatic carbocycles. The van der Waals surface area contributed by atoms with Crippen LogP contribution in [0.5, 0.6) is 0 Å². The van der Waals surface area contributed by atoms with Gasteiger partial charge in [-0.05, 0) is 47.9 Å². The second-order valence-electron chi connectivity index (χ2n) is 5.12. The van der Waals surface area contributed by atoms with Gasteiger partial charge in [0.15, 0.2) is 0 Å². The number of hydrogen-bond acceptors (Lipinski definition) is 3. The minimum Gasteiger partial charge on any atom is -0.309 e. The standard InChI is InChI=1S/C15H15ClN2O2S/c1-10-2-5-15(14(16)6-10)18-21(19,20)13-4-3-11-8-17-9-12(11)7-13/h2-7,17-18H,8-9H2,1H3. The minimum absolute atomic E-state index is 0.251. The average Bonchev–Trinajstić information content (AvgIpc) is 2.89. The Kier molecular flexibility index (Phi) is 3.65. The zero-order valence-corrected chi connectivity index (χ0v) is 13.1. The number of benzene rings is 2. The second kappa shape index (κ2) is 5.33. The van der Waals surface area contributed by atoms with E-state index in [2.05, 4.69) is 10.0 Å². The lowest BCUT2D eigenvalue weighted by molar-refractivity contribution is 0.601. The highest BCUT2D eigenvalue weighted by Gasteiger charge is 2.19. The summed E-state index contributed by atoms with van der Waals surface area (Å²) in [5.41, 5.74) is 3.53. The molecule has 0 radical (unpaired) electrons. The van der Waals surface area contributed by atoms with Crippen molar-refractivity contribution < 1.29 is 8.42 Å². The third-order valence-electron chi connectivity index (χ3n) is 3.49. The van der Waals surface area contributed by atoms with E-state index in [0.717, 1.165) is 23.2 Å². The number of anilines is 1. The van der Waals surface area contributed by atoms with Crippen molar-refractivity contribution in [2.75, 3.05) is 4.72 Å². The molecule has 21 heavy (non-hydrogen) atoms. The summed E-state index contributed by atoms with van der Waals surface area (Å²) in [6.45, 7) is 3.38. The van der Waals surface area contributed by atoms with Gasteiger partial charge in [0.25, 0.3) is 10.0 Å². The molecule has 6 heteroatoms. The predicted octanol–water partition coefficient (Wildman–Crippen LogP) is 3.05. The number of hydrogen-bond donors (Lipinski definition) is 2. The van der Waals surface area contributed by atoms with Crippen LogP contribution in [-0.4, -0.2) is 8.42 Å². The number of halogens is 1. The molecule has 1 heterocycles. The lowest BCUT2D eigenvalue weighted by Crippen LogP contribution is -2.13. The molecule has 0 spiro atoms. The third kappa shape index (κ3) is 2.90. The van der Waals surface area contributed by atoms with E-state index >= 15 is 0 Å². The van der Waals surface area contributed by atoms with E-state index < -0.39 is 10.0 Å². The van der Waals surface area contributed by atoms with Crippen LogP contribution in [0, 0.1) is 6.92 Å². The average molecular weight is 323 g/mol. The first-order chi connectivity index (χ1) is 9.95. The van der Waals surface area contributed by atoms with Crippen LogP contribution in [0.1, 0.15) is 16.7 Å². The quantitative estimate of drug-likeness (QED) is 0.913. The van der Waals surface area contributed by atoms with E-state index in [9.17, 15) is 8.42 Å². The molecule has 0 amide bonds. The Bertz CT molecular complexity index is 803. The molecule has 0 saturated carbocycles.